The topological polar surface area (TPSA) is 90.9 Å². The second kappa shape index (κ2) is 11.0. The largest absolute Gasteiger partial charge is 0.357 e. The van der Waals surface area contributed by atoms with E-state index in [-0.39, 0.29) is 53.4 Å². The van der Waals surface area contributed by atoms with Gasteiger partial charge in [0, 0.05) is 38.1 Å². The maximum absolute atomic E-state index is 12.7. The van der Waals surface area contributed by atoms with Gasteiger partial charge in [-0.05, 0) is 38.5 Å². The molecule has 7 nitrogen and oxygen atoms in total. The van der Waals surface area contributed by atoms with Crippen molar-refractivity contribution in [2.24, 2.45) is 16.8 Å². The third kappa shape index (κ3) is 6.74. The number of guanidine groups is 1. The van der Waals surface area contributed by atoms with Crippen LogP contribution in [0, 0.1) is 11.8 Å². The lowest BCUT2D eigenvalue weighted by Gasteiger charge is -2.26. The van der Waals surface area contributed by atoms with Crippen molar-refractivity contribution in [3.8, 4) is 0 Å². The first kappa shape index (κ1) is 23.7. The van der Waals surface area contributed by atoms with E-state index in [4.69, 9.17) is 0 Å². The number of hydrogen-bond donors (Lipinski definition) is 2. The highest BCUT2D eigenvalue weighted by Crippen LogP contribution is 2.26. The first-order valence-electron chi connectivity index (χ1n) is 10.5. The normalized spacial score (nSPS) is 28.0. The lowest BCUT2D eigenvalue weighted by Crippen LogP contribution is -2.45. The van der Waals surface area contributed by atoms with Gasteiger partial charge in [0.05, 0.1) is 11.5 Å². The average molecular weight is 526 g/mol. The molecule has 0 bridgehead atoms. The van der Waals surface area contributed by atoms with Crippen LogP contribution in [-0.2, 0) is 14.6 Å². The molecule has 1 amide bonds. The van der Waals surface area contributed by atoms with Crippen molar-refractivity contribution in [2.75, 3.05) is 37.7 Å². The first-order chi connectivity index (χ1) is 13.0. The van der Waals surface area contributed by atoms with Crippen molar-refractivity contribution in [3.05, 3.63) is 0 Å². The molecule has 3 aliphatic rings. The molecule has 28 heavy (non-hydrogen) atoms. The van der Waals surface area contributed by atoms with Crippen molar-refractivity contribution in [1.82, 2.24) is 15.5 Å². The average Bonchev–Trinajstić information content (AvgIpc) is 3.26. The molecule has 0 aromatic heterocycles. The number of halogens is 1. The molecule has 2 atom stereocenters. The standard InChI is InChI=1S/C19H34N4O3S.HI/c1-2-20-19(21-12-15-9-11-27(25,26)14-15)22-17-8-10-23(13-17)18(24)16-6-4-3-5-7-16;/h15-17H,2-14H2,1H3,(H2,20,21,22);1H. The molecule has 2 N–H and O–H groups in total. The van der Waals surface area contributed by atoms with Gasteiger partial charge in [-0.25, -0.2) is 8.42 Å². The maximum atomic E-state index is 12.7. The van der Waals surface area contributed by atoms with Crippen molar-refractivity contribution < 1.29 is 13.2 Å². The number of sulfone groups is 1. The molecule has 2 unspecified atom stereocenters. The summed E-state index contributed by atoms with van der Waals surface area (Å²) >= 11 is 0. The number of rotatable bonds is 5. The summed E-state index contributed by atoms with van der Waals surface area (Å²) in [6, 6.07) is 0.211. The Morgan fingerprint density at radius 2 is 1.89 bits per heavy atom. The van der Waals surface area contributed by atoms with Crippen LogP contribution in [0.2, 0.25) is 0 Å². The number of hydrogen-bond acceptors (Lipinski definition) is 4. The first-order valence-corrected chi connectivity index (χ1v) is 12.3. The van der Waals surface area contributed by atoms with Crippen molar-refractivity contribution >= 4 is 45.7 Å². The summed E-state index contributed by atoms with van der Waals surface area (Å²) in [6.07, 6.45) is 7.35. The molecule has 0 spiro atoms. The molecule has 3 rings (SSSR count). The predicted octanol–water partition coefficient (Wildman–Crippen LogP) is 1.78. The summed E-state index contributed by atoms with van der Waals surface area (Å²) in [7, 11) is -2.86. The number of carbonyl (C=O) groups excluding carboxylic acids is 1. The van der Waals surface area contributed by atoms with Crippen LogP contribution in [0.25, 0.3) is 0 Å². The zero-order valence-electron chi connectivity index (χ0n) is 16.9. The van der Waals surface area contributed by atoms with E-state index in [0.29, 0.717) is 18.9 Å². The Morgan fingerprint density at radius 1 is 1.14 bits per heavy atom. The summed E-state index contributed by atoms with van der Waals surface area (Å²) in [6.45, 7) is 4.86. The molecule has 1 aliphatic carbocycles. The summed E-state index contributed by atoms with van der Waals surface area (Å²) < 4.78 is 23.2. The van der Waals surface area contributed by atoms with Crippen LogP contribution in [0.15, 0.2) is 4.99 Å². The van der Waals surface area contributed by atoms with Crippen molar-refractivity contribution in [3.63, 3.8) is 0 Å². The van der Waals surface area contributed by atoms with Gasteiger partial charge in [-0.3, -0.25) is 9.79 Å². The van der Waals surface area contributed by atoms with Gasteiger partial charge in [-0.1, -0.05) is 19.3 Å². The molecule has 2 aliphatic heterocycles. The fourth-order valence-electron chi connectivity index (χ4n) is 4.44. The van der Waals surface area contributed by atoms with E-state index in [0.717, 1.165) is 44.9 Å². The van der Waals surface area contributed by atoms with E-state index in [1.165, 1.54) is 19.3 Å². The molecule has 1 saturated carbocycles. The van der Waals surface area contributed by atoms with Gasteiger partial charge >= 0.3 is 0 Å². The minimum absolute atomic E-state index is 0. The summed E-state index contributed by atoms with van der Waals surface area (Å²) in [5, 5.41) is 6.69. The summed E-state index contributed by atoms with van der Waals surface area (Å²) in [5.41, 5.74) is 0. The molecular formula is C19H35IN4O3S. The zero-order chi connectivity index (χ0) is 19.3. The number of carbonyl (C=O) groups is 1. The highest BCUT2D eigenvalue weighted by molar-refractivity contribution is 14.0. The van der Waals surface area contributed by atoms with E-state index in [1.807, 2.05) is 11.8 Å². The van der Waals surface area contributed by atoms with Gasteiger partial charge in [-0.15, -0.1) is 24.0 Å². The second-order valence-corrected chi connectivity index (χ2v) is 10.5. The lowest BCUT2D eigenvalue weighted by atomic mass is 9.88. The number of nitrogens with zero attached hydrogens (tertiary/aromatic N) is 2. The predicted molar refractivity (Wildman–Crippen MR) is 123 cm³/mol. The quantitative estimate of drug-likeness (QED) is 0.324. The van der Waals surface area contributed by atoms with E-state index in [9.17, 15) is 13.2 Å². The zero-order valence-corrected chi connectivity index (χ0v) is 20.0. The third-order valence-electron chi connectivity index (χ3n) is 5.97. The SMILES string of the molecule is CCNC(=NCC1CCS(=O)(=O)C1)NC1CCN(C(=O)C2CCCCC2)C1.I. The number of aliphatic imine (C=N–C) groups is 1. The molecular weight excluding hydrogens is 491 g/mol. The van der Waals surface area contributed by atoms with Crippen LogP contribution in [-0.4, -0.2) is 68.9 Å². The van der Waals surface area contributed by atoms with Gasteiger partial charge in [0.2, 0.25) is 5.91 Å². The molecule has 2 heterocycles. The molecule has 3 fully saturated rings. The lowest BCUT2D eigenvalue weighted by molar-refractivity contribution is -0.135. The minimum Gasteiger partial charge on any atom is -0.357 e. The van der Waals surface area contributed by atoms with Crippen LogP contribution in [0.1, 0.15) is 51.9 Å². The fraction of sp³-hybridized carbons (Fsp3) is 0.895. The van der Waals surface area contributed by atoms with Crippen LogP contribution in [0.5, 0.6) is 0 Å². The van der Waals surface area contributed by atoms with Gasteiger partial charge in [0.15, 0.2) is 15.8 Å². The molecule has 2 saturated heterocycles. The Bertz CT molecular complexity index is 650. The highest BCUT2D eigenvalue weighted by atomic mass is 127. The van der Waals surface area contributed by atoms with E-state index in [1.54, 1.807) is 0 Å². The Kier molecular flexibility index (Phi) is 9.30. The van der Waals surface area contributed by atoms with Gasteiger partial charge in [0.25, 0.3) is 0 Å². The van der Waals surface area contributed by atoms with Crippen LogP contribution < -0.4 is 10.6 Å². The Morgan fingerprint density at radius 3 is 2.54 bits per heavy atom. The smallest absolute Gasteiger partial charge is 0.225 e. The monoisotopic (exact) mass is 526 g/mol. The number of amides is 1. The van der Waals surface area contributed by atoms with Gasteiger partial charge < -0.3 is 15.5 Å². The van der Waals surface area contributed by atoms with Crippen LogP contribution >= 0.6 is 24.0 Å². The Labute approximate surface area is 186 Å². The summed E-state index contributed by atoms with van der Waals surface area (Å²) in [4.78, 5) is 19.3. The number of nitrogens with one attached hydrogen (secondary N) is 2. The molecule has 162 valence electrons. The maximum Gasteiger partial charge on any atom is 0.225 e. The summed E-state index contributed by atoms with van der Waals surface area (Å²) in [5.74, 6) is 1.96. The molecule has 0 aromatic rings. The van der Waals surface area contributed by atoms with E-state index in [2.05, 4.69) is 15.6 Å². The second-order valence-electron chi connectivity index (χ2n) is 8.24. The van der Waals surface area contributed by atoms with Crippen molar-refractivity contribution in [1.29, 1.82) is 0 Å². The van der Waals surface area contributed by atoms with Crippen LogP contribution in [0.3, 0.4) is 0 Å². The molecule has 9 heteroatoms. The van der Waals surface area contributed by atoms with Crippen molar-refractivity contribution in [2.45, 2.75) is 57.9 Å². The molecule has 0 radical (unpaired) electrons. The van der Waals surface area contributed by atoms with Gasteiger partial charge in [0.1, 0.15) is 0 Å². The Balaban J connectivity index is 0.00000280. The minimum atomic E-state index is -2.86. The van der Waals surface area contributed by atoms with E-state index >= 15 is 0 Å². The molecule has 0 aromatic carbocycles. The van der Waals surface area contributed by atoms with E-state index < -0.39 is 9.84 Å². The highest BCUT2D eigenvalue weighted by Gasteiger charge is 2.32. The van der Waals surface area contributed by atoms with Gasteiger partial charge in [-0.2, -0.15) is 0 Å². The number of likely N-dealkylation sites (tertiary alicyclic amines) is 1. The Hall–Kier alpha value is -0.580. The third-order valence-corrected chi connectivity index (χ3v) is 7.81. The van der Waals surface area contributed by atoms with Crippen LogP contribution in [0.4, 0.5) is 0 Å². The fourth-order valence-corrected chi connectivity index (χ4v) is 6.29.